The molecule has 18 heavy (non-hydrogen) atoms. The first-order chi connectivity index (χ1) is 8.63. The molecule has 1 aromatic rings. The summed E-state index contributed by atoms with van der Waals surface area (Å²) in [5, 5.41) is 0. The number of benzene rings is 1. The molecule has 1 aliphatic heterocycles. The summed E-state index contributed by atoms with van der Waals surface area (Å²) in [4.78, 5) is 2.14. The van der Waals surface area contributed by atoms with Gasteiger partial charge in [0.2, 0.25) is 0 Å². The summed E-state index contributed by atoms with van der Waals surface area (Å²) in [6.07, 6.45) is 3.01. The Balaban J connectivity index is 2.37. The van der Waals surface area contributed by atoms with Crippen LogP contribution in [0.25, 0.3) is 0 Å². The molecule has 2 N–H and O–H groups in total. The third-order valence-corrected chi connectivity index (χ3v) is 3.65. The summed E-state index contributed by atoms with van der Waals surface area (Å²) in [6.45, 7) is 4.42. The van der Waals surface area contributed by atoms with Crippen LogP contribution in [0.2, 0.25) is 0 Å². The summed E-state index contributed by atoms with van der Waals surface area (Å²) < 4.78 is 26.9. The Morgan fingerprint density at radius 3 is 2.44 bits per heavy atom. The van der Waals surface area contributed by atoms with E-state index in [0.29, 0.717) is 6.54 Å². The third kappa shape index (κ3) is 2.64. The highest BCUT2D eigenvalue weighted by atomic mass is 19.2. The van der Waals surface area contributed by atoms with Gasteiger partial charge in [0.05, 0.1) is 0 Å². The van der Waals surface area contributed by atoms with E-state index in [1.54, 1.807) is 0 Å². The second-order valence-electron chi connectivity index (χ2n) is 5.00. The maximum atomic E-state index is 13.4. The lowest BCUT2D eigenvalue weighted by atomic mass is 9.95. The molecule has 0 saturated carbocycles. The predicted octanol–water partition coefficient (Wildman–Crippen LogP) is 3.02. The molecule has 2 nitrogen and oxygen atoms in total. The monoisotopic (exact) mass is 254 g/mol. The Hall–Kier alpha value is -1.16. The van der Waals surface area contributed by atoms with Crippen molar-refractivity contribution >= 4 is 5.69 Å². The van der Waals surface area contributed by atoms with Gasteiger partial charge >= 0.3 is 0 Å². The number of hydrogen-bond acceptors (Lipinski definition) is 2. The van der Waals surface area contributed by atoms with E-state index in [2.05, 4.69) is 4.90 Å². The molecule has 1 unspecified atom stereocenters. The molecule has 0 aliphatic carbocycles. The highest BCUT2D eigenvalue weighted by molar-refractivity contribution is 5.56. The lowest BCUT2D eigenvalue weighted by Gasteiger charge is -2.24. The van der Waals surface area contributed by atoms with Crippen molar-refractivity contribution in [3.63, 3.8) is 0 Å². The quantitative estimate of drug-likeness (QED) is 0.895. The summed E-state index contributed by atoms with van der Waals surface area (Å²) in [7, 11) is 0. The molecule has 1 aromatic carbocycles. The molecule has 1 aliphatic rings. The molecule has 2 rings (SSSR count). The SMILES string of the molecule is CC(CCN)c1cc(F)c(F)cc1N1CCCC1. The summed E-state index contributed by atoms with van der Waals surface area (Å²) >= 11 is 0. The van der Waals surface area contributed by atoms with E-state index in [0.717, 1.165) is 43.6 Å². The summed E-state index contributed by atoms with van der Waals surface area (Å²) in [5.74, 6) is -1.38. The van der Waals surface area contributed by atoms with Gasteiger partial charge in [0.15, 0.2) is 11.6 Å². The predicted molar refractivity (Wildman–Crippen MR) is 69.9 cm³/mol. The number of nitrogens with two attached hydrogens (primary N) is 1. The molecule has 0 bridgehead atoms. The number of halogens is 2. The van der Waals surface area contributed by atoms with E-state index in [1.165, 1.54) is 12.1 Å². The third-order valence-electron chi connectivity index (χ3n) is 3.65. The molecule has 1 atom stereocenters. The average Bonchev–Trinajstić information content (AvgIpc) is 2.86. The van der Waals surface area contributed by atoms with E-state index in [9.17, 15) is 8.78 Å². The van der Waals surface area contributed by atoms with E-state index in [-0.39, 0.29) is 5.92 Å². The van der Waals surface area contributed by atoms with Crippen LogP contribution in [-0.2, 0) is 0 Å². The van der Waals surface area contributed by atoms with Crippen LogP contribution in [0.15, 0.2) is 12.1 Å². The zero-order chi connectivity index (χ0) is 13.1. The molecular formula is C14H20F2N2. The van der Waals surface area contributed by atoms with Crippen LogP contribution in [0.4, 0.5) is 14.5 Å². The van der Waals surface area contributed by atoms with Crippen molar-refractivity contribution in [2.24, 2.45) is 5.73 Å². The van der Waals surface area contributed by atoms with Crippen LogP contribution in [0.1, 0.15) is 37.7 Å². The lowest BCUT2D eigenvalue weighted by Crippen LogP contribution is -2.21. The Morgan fingerprint density at radius 1 is 1.22 bits per heavy atom. The fourth-order valence-corrected chi connectivity index (χ4v) is 2.58. The first kappa shape index (κ1) is 13.3. The second kappa shape index (κ2) is 5.65. The summed E-state index contributed by atoms with van der Waals surface area (Å²) in [5.41, 5.74) is 7.27. The van der Waals surface area contributed by atoms with E-state index >= 15 is 0 Å². The van der Waals surface area contributed by atoms with Gasteiger partial charge in [0, 0.05) is 24.8 Å². The van der Waals surface area contributed by atoms with Crippen molar-refractivity contribution in [3.05, 3.63) is 29.3 Å². The van der Waals surface area contributed by atoms with Gasteiger partial charge in [-0.05, 0) is 43.4 Å². The molecule has 1 heterocycles. The average molecular weight is 254 g/mol. The van der Waals surface area contributed by atoms with Crippen molar-refractivity contribution in [2.45, 2.75) is 32.1 Å². The van der Waals surface area contributed by atoms with Gasteiger partial charge in [0.1, 0.15) is 0 Å². The van der Waals surface area contributed by atoms with E-state index in [4.69, 9.17) is 5.73 Å². The lowest BCUT2D eigenvalue weighted by molar-refractivity contribution is 0.504. The number of rotatable bonds is 4. The van der Waals surface area contributed by atoms with Crippen LogP contribution in [0.5, 0.6) is 0 Å². The summed E-state index contributed by atoms with van der Waals surface area (Å²) in [6, 6.07) is 2.67. The minimum absolute atomic E-state index is 0.153. The van der Waals surface area contributed by atoms with E-state index in [1.807, 2.05) is 6.92 Å². The molecule has 100 valence electrons. The Morgan fingerprint density at radius 2 is 1.83 bits per heavy atom. The van der Waals surface area contributed by atoms with Crippen LogP contribution >= 0.6 is 0 Å². The van der Waals surface area contributed by atoms with Crippen molar-refractivity contribution in [3.8, 4) is 0 Å². The molecule has 0 aromatic heterocycles. The Labute approximate surface area is 107 Å². The number of nitrogens with zero attached hydrogens (tertiary/aromatic N) is 1. The van der Waals surface area contributed by atoms with Gasteiger partial charge in [0.25, 0.3) is 0 Å². The zero-order valence-electron chi connectivity index (χ0n) is 10.8. The van der Waals surface area contributed by atoms with Gasteiger partial charge in [-0.3, -0.25) is 0 Å². The maximum Gasteiger partial charge on any atom is 0.160 e. The van der Waals surface area contributed by atoms with Gasteiger partial charge in [-0.1, -0.05) is 6.92 Å². The van der Waals surface area contributed by atoms with Crippen LogP contribution in [0.3, 0.4) is 0 Å². The maximum absolute atomic E-state index is 13.4. The Kier molecular flexibility index (Phi) is 4.17. The first-order valence-electron chi connectivity index (χ1n) is 6.57. The largest absolute Gasteiger partial charge is 0.371 e. The van der Waals surface area contributed by atoms with Crippen molar-refractivity contribution in [1.29, 1.82) is 0 Å². The van der Waals surface area contributed by atoms with Gasteiger partial charge < -0.3 is 10.6 Å². The normalized spacial score (nSPS) is 17.2. The minimum Gasteiger partial charge on any atom is -0.371 e. The first-order valence-corrected chi connectivity index (χ1v) is 6.57. The molecule has 0 radical (unpaired) electrons. The fourth-order valence-electron chi connectivity index (χ4n) is 2.58. The van der Waals surface area contributed by atoms with Gasteiger partial charge in [-0.25, -0.2) is 8.78 Å². The highest BCUT2D eigenvalue weighted by Crippen LogP contribution is 2.33. The van der Waals surface area contributed by atoms with E-state index < -0.39 is 11.6 Å². The molecule has 1 saturated heterocycles. The standard InChI is InChI=1S/C14H20F2N2/c1-10(4-5-17)11-8-12(15)13(16)9-14(11)18-6-2-3-7-18/h8-10H,2-7,17H2,1H3. The minimum atomic E-state index is -0.767. The number of hydrogen-bond donors (Lipinski definition) is 1. The Bertz CT molecular complexity index is 415. The van der Waals surface area contributed by atoms with Gasteiger partial charge in [-0.2, -0.15) is 0 Å². The zero-order valence-corrected chi connectivity index (χ0v) is 10.8. The highest BCUT2D eigenvalue weighted by Gasteiger charge is 2.21. The number of anilines is 1. The fraction of sp³-hybridized carbons (Fsp3) is 0.571. The van der Waals surface area contributed by atoms with Crippen molar-refractivity contribution in [1.82, 2.24) is 0 Å². The second-order valence-corrected chi connectivity index (χ2v) is 5.00. The van der Waals surface area contributed by atoms with Crippen LogP contribution < -0.4 is 10.6 Å². The van der Waals surface area contributed by atoms with Crippen molar-refractivity contribution < 1.29 is 8.78 Å². The molecule has 0 amide bonds. The molecule has 1 fully saturated rings. The molecule has 4 heteroatoms. The van der Waals surface area contributed by atoms with Crippen LogP contribution in [0, 0.1) is 11.6 Å². The smallest absolute Gasteiger partial charge is 0.160 e. The molecular weight excluding hydrogens is 234 g/mol. The van der Waals surface area contributed by atoms with Crippen LogP contribution in [-0.4, -0.2) is 19.6 Å². The van der Waals surface area contributed by atoms with Gasteiger partial charge in [-0.15, -0.1) is 0 Å². The topological polar surface area (TPSA) is 29.3 Å². The molecule has 0 spiro atoms. The van der Waals surface area contributed by atoms with Crippen molar-refractivity contribution in [2.75, 3.05) is 24.5 Å².